The third-order valence-electron chi connectivity index (χ3n) is 1.37. The Kier molecular flexibility index (Phi) is 3.37. The molecule has 0 saturated heterocycles. The van der Waals surface area contributed by atoms with Crippen molar-refractivity contribution in [3.63, 3.8) is 0 Å². The van der Waals surface area contributed by atoms with Gasteiger partial charge in [-0.15, -0.1) is 0 Å². The summed E-state index contributed by atoms with van der Waals surface area (Å²) >= 11 is 1.37. The fourth-order valence-corrected chi connectivity index (χ4v) is 1.56. The molecule has 12 heavy (non-hydrogen) atoms. The third kappa shape index (κ3) is 2.39. The number of thioether (sulfide) groups is 1. The van der Waals surface area contributed by atoms with Crippen LogP contribution in [0, 0.1) is 5.21 Å². The summed E-state index contributed by atoms with van der Waals surface area (Å²) in [6.07, 6.45) is 1.45. The van der Waals surface area contributed by atoms with Gasteiger partial charge in [-0.25, -0.2) is 0 Å². The van der Waals surface area contributed by atoms with Gasteiger partial charge in [-0.1, -0.05) is 18.7 Å². The number of aromatic nitrogens is 1. The molecule has 0 aliphatic carbocycles. The zero-order valence-corrected chi connectivity index (χ0v) is 7.62. The van der Waals surface area contributed by atoms with E-state index in [1.807, 2.05) is 6.92 Å². The summed E-state index contributed by atoms with van der Waals surface area (Å²) < 4.78 is 0.802. The van der Waals surface area contributed by atoms with Crippen LogP contribution in [0.4, 0.5) is 0 Å². The summed E-state index contributed by atoms with van der Waals surface area (Å²) in [7, 11) is 0. The average Bonchev–Trinajstić information content (AvgIpc) is 2.09. The Morgan fingerprint density at radius 2 is 2.42 bits per heavy atom. The number of hydrogen-bond donors (Lipinski definition) is 1. The second-order valence-electron chi connectivity index (χ2n) is 2.48. The van der Waals surface area contributed by atoms with E-state index in [0.717, 1.165) is 4.73 Å². The zero-order valence-electron chi connectivity index (χ0n) is 6.80. The van der Waals surface area contributed by atoms with Crippen molar-refractivity contribution in [3.05, 3.63) is 29.6 Å². The first-order valence-electron chi connectivity index (χ1n) is 3.69. The Balaban J connectivity index is 2.69. The molecule has 3 nitrogen and oxygen atoms in total. The summed E-state index contributed by atoms with van der Waals surface area (Å²) in [5.74, 6) is 0. The van der Waals surface area contributed by atoms with Crippen molar-refractivity contribution >= 4 is 11.8 Å². The minimum Gasteiger partial charge on any atom is -0.618 e. The summed E-state index contributed by atoms with van der Waals surface area (Å²) in [6.45, 7) is 1.96. The molecule has 0 aliphatic rings. The van der Waals surface area contributed by atoms with Crippen LogP contribution in [0.2, 0.25) is 0 Å². The second kappa shape index (κ2) is 4.33. The van der Waals surface area contributed by atoms with Crippen molar-refractivity contribution in [2.45, 2.75) is 17.2 Å². The van der Waals surface area contributed by atoms with Gasteiger partial charge in [0.2, 0.25) is 0 Å². The Morgan fingerprint density at radius 1 is 1.67 bits per heavy atom. The van der Waals surface area contributed by atoms with E-state index in [0.29, 0.717) is 5.03 Å². The van der Waals surface area contributed by atoms with Crippen molar-refractivity contribution in [1.29, 1.82) is 0 Å². The zero-order chi connectivity index (χ0) is 8.97. The quantitative estimate of drug-likeness (QED) is 0.430. The lowest BCUT2D eigenvalue weighted by molar-refractivity contribution is -0.645. The fourth-order valence-electron chi connectivity index (χ4n) is 0.747. The number of hydrogen-bond acceptors (Lipinski definition) is 3. The van der Waals surface area contributed by atoms with Crippen molar-refractivity contribution in [3.8, 4) is 0 Å². The maximum absolute atomic E-state index is 11.1. The molecule has 1 atom stereocenters. The SMILES string of the molecule is CC(CO)Sc1cccc[n+]1[O-]. The third-order valence-corrected chi connectivity index (χ3v) is 2.48. The van der Waals surface area contributed by atoms with E-state index in [4.69, 9.17) is 5.11 Å². The van der Waals surface area contributed by atoms with Gasteiger partial charge >= 0.3 is 0 Å². The van der Waals surface area contributed by atoms with Crippen LogP contribution in [0.1, 0.15) is 6.92 Å². The van der Waals surface area contributed by atoms with Crippen molar-refractivity contribution < 1.29 is 9.84 Å². The van der Waals surface area contributed by atoms with Crippen LogP contribution in [0.5, 0.6) is 0 Å². The summed E-state index contributed by atoms with van der Waals surface area (Å²) in [6, 6.07) is 5.23. The number of nitrogens with zero attached hydrogens (tertiary/aromatic N) is 1. The van der Waals surface area contributed by atoms with Crippen LogP contribution in [-0.2, 0) is 0 Å². The first-order valence-corrected chi connectivity index (χ1v) is 4.57. The Labute approximate surface area is 75.6 Å². The molecule has 1 rings (SSSR count). The molecule has 0 saturated carbocycles. The van der Waals surface area contributed by atoms with Crippen molar-refractivity contribution in [2.24, 2.45) is 0 Å². The predicted octanol–water partition coefficient (Wildman–Crippen LogP) is 0.793. The van der Waals surface area contributed by atoms with Crippen molar-refractivity contribution in [2.75, 3.05) is 6.61 Å². The van der Waals surface area contributed by atoms with Crippen LogP contribution in [0.25, 0.3) is 0 Å². The lowest BCUT2D eigenvalue weighted by atomic mass is 10.5. The highest BCUT2D eigenvalue weighted by atomic mass is 32.2. The van der Waals surface area contributed by atoms with Crippen LogP contribution < -0.4 is 4.73 Å². The molecule has 66 valence electrons. The minimum absolute atomic E-state index is 0.0626. The summed E-state index contributed by atoms with van der Waals surface area (Å²) in [5.41, 5.74) is 0. The topological polar surface area (TPSA) is 47.2 Å². The molecule has 0 amide bonds. The Morgan fingerprint density at radius 3 is 3.00 bits per heavy atom. The lowest BCUT2D eigenvalue weighted by Gasteiger charge is -2.06. The van der Waals surface area contributed by atoms with E-state index >= 15 is 0 Å². The molecular weight excluding hydrogens is 174 g/mol. The van der Waals surface area contributed by atoms with E-state index in [1.54, 1.807) is 18.2 Å². The van der Waals surface area contributed by atoms with Gasteiger partial charge in [0, 0.05) is 17.4 Å². The van der Waals surface area contributed by atoms with E-state index in [2.05, 4.69) is 0 Å². The molecule has 0 aromatic carbocycles. The highest BCUT2D eigenvalue weighted by Gasteiger charge is 2.09. The molecule has 1 heterocycles. The minimum atomic E-state index is 0.0626. The van der Waals surface area contributed by atoms with E-state index in [9.17, 15) is 5.21 Å². The van der Waals surface area contributed by atoms with Gasteiger partial charge in [0.1, 0.15) is 0 Å². The van der Waals surface area contributed by atoms with Gasteiger partial charge in [0.25, 0.3) is 5.03 Å². The second-order valence-corrected chi connectivity index (χ2v) is 3.93. The number of aliphatic hydroxyl groups is 1. The van der Waals surface area contributed by atoms with Gasteiger partial charge in [-0.2, -0.15) is 4.73 Å². The molecular formula is C8H11NO2S. The van der Waals surface area contributed by atoms with E-state index in [1.165, 1.54) is 18.0 Å². The first-order chi connectivity index (χ1) is 5.74. The molecule has 0 radical (unpaired) electrons. The van der Waals surface area contributed by atoms with Gasteiger partial charge in [-0.05, 0) is 6.07 Å². The summed E-state index contributed by atoms with van der Waals surface area (Å²) in [5, 5.41) is 20.5. The van der Waals surface area contributed by atoms with E-state index < -0.39 is 0 Å². The summed E-state index contributed by atoms with van der Waals surface area (Å²) in [4.78, 5) is 0. The Hall–Kier alpha value is -0.740. The van der Waals surface area contributed by atoms with Gasteiger partial charge < -0.3 is 10.3 Å². The molecule has 0 aliphatic heterocycles. The number of aliphatic hydroxyl groups excluding tert-OH is 1. The van der Waals surface area contributed by atoms with Crippen LogP contribution in [0.15, 0.2) is 29.4 Å². The average molecular weight is 185 g/mol. The van der Waals surface area contributed by atoms with Crippen LogP contribution in [0.3, 0.4) is 0 Å². The standard InChI is InChI=1S/C8H11NO2S/c1-7(6-10)12-8-4-2-3-5-9(8)11/h2-5,7,10H,6H2,1H3. The molecule has 0 bridgehead atoms. The van der Waals surface area contributed by atoms with E-state index in [-0.39, 0.29) is 11.9 Å². The molecule has 1 N–H and O–H groups in total. The molecule has 1 aromatic heterocycles. The number of pyridine rings is 1. The monoisotopic (exact) mass is 185 g/mol. The number of rotatable bonds is 3. The smallest absolute Gasteiger partial charge is 0.251 e. The fraction of sp³-hybridized carbons (Fsp3) is 0.375. The molecule has 0 spiro atoms. The highest BCUT2D eigenvalue weighted by Crippen LogP contribution is 2.18. The van der Waals surface area contributed by atoms with Gasteiger partial charge in [0.05, 0.1) is 6.61 Å². The van der Waals surface area contributed by atoms with Crippen molar-refractivity contribution in [1.82, 2.24) is 0 Å². The normalized spacial score (nSPS) is 12.8. The molecule has 1 aromatic rings. The maximum atomic E-state index is 11.1. The largest absolute Gasteiger partial charge is 0.618 e. The van der Waals surface area contributed by atoms with Crippen LogP contribution >= 0.6 is 11.8 Å². The maximum Gasteiger partial charge on any atom is 0.251 e. The van der Waals surface area contributed by atoms with Crippen LogP contribution in [-0.4, -0.2) is 17.0 Å². The first kappa shape index (κ1) is 9.35. The predicted molar refractivity (Wildman–Crippen MR) is 47.8 cm³/mol. The van der Waals surface area contributed by atoms with Gasteiger partial charge in [0.15, 0.2) is 6.20 Å². The molecule has 1 unspecified atom stereocenters. The highest BCUT2D eigenvalue weighted by molar-refractivity contribution is 7.99. The Bertz CT molecular complexity index is 255. The molecule has 0 fully saturated rings. The van der Waals surface area contributed by atoms with Gasteiger partial charge in [-0.3, -0.25) is 0 Å². The lowest BCUT2D eigenvalue weighted by Crippen LogP contribution is -2.28. The molecule has 4 heteroatoms.